The van der Waals surface area contributed by atoms with Gasteiger partial charge < -0.3 is 14.5 Å². The number of carbonyl (C=O) groups excluding carboxylic acids is 1. The molecule has 4 rings (SSSR count). The van der Waals surface area contributed by atoms with Crippen LogP contribution in [-0.2, 0) is 21.4 Å². The summed E-state index contributed by atoms with van der Waals surface area (Å²) in [6, 6.07) is 20.4. The van der Waals surface area contributed by atoms with Gasteiger partial charge in [-0.1, -0.05) is 61.9 Å². The molecule has 7 nitrogen and oxygen atoms in total. The molecular formula is C31H45N3O4S. The Bertz CT molecular complexity index is 1140. The van der Waals surface area contributed by atoms with Crippen molar-refractivity contribution in [2.24, 2.45) is 17.8 Å². The maximum Gasteiger partial charge on any atom is 0.410 e. The van der Waals surface area contributed by atoms with Crippen molar-refractivity contribution in [2.75, 3.05) is 43.4 Å². The van der Waals surface area contributed by atoms with Crippen LogP contribution >= 0.6 is 0 Å². The van der Waals surface area contributed by atoms with Crippen LogP contribution < -0.4 is 4.90 Å². The molecule has 1 amide bonds. The van der Waals surface area contributed by atoms with Gasteiger partial charge in [0.15, 0.2) is 0 Å². The number of para-hydroxylation sites is 1. The van der Waals surface area contributed by atoms with E-state index in [0.29, 0.717) is 31.5 Å². The van der Waals surface area contributed by atoms with Crippen LogP contribution in [0.2, 0.25) is 0 Å². The summed E-state index contributed by atoms with van der Waals surface area (Å²) in [5.41, 5.74) is 2.20. The zero-order chi connectivity index (χ0) is 27.8. The zero-order valence-electron chi connectivity index (χ0n) is 23.7. The fraction of sp³-hybridized carbons (Fsp3) is 0.581. The fourth-order valence-corrected chi connectivity index (χ4v) is 7.83. The second-order valence-corrected chi connectivity index (χ2v) is 13.1. The van der Waals surface area contributed by atoms with Gasteiger partial charge in [0.2, 0.25) is 10.0 Å². The molecule has 2 aliphatic rings. The van der Waals surface area contributed by atoms with Crippen LogP contribution in [0.25, 0.3) is 0 Å². The van der Waals surface area contributed by atoms with Gasteiger partial charge in [-0.25, -0.2) is 17.5 Å². The summed E-state index contributed by atoms with van der Waals surface area (Å²) in [5, 5.41) is 0. The van der Waals surface area contributed by atoms with E-state index in [0.717, 1.165) is 44.3 Å². The van der Waals surface area contributed by atoms with Crippen molar-refractivity contribution in [3.8, 4) is 0 Å². The number of ether oxygens (including phenoxy) is 1. The van der Waals surface area contributed by atoms with E-state index in [2.05, 4.69) is 36.1 Å². The standard InChI is InChI=1S/C31H45N3O4S/c1-4-28(26-17-21-33(22-18-26)39(36,37)6-3)29-23-32(27-15-11-8-12-16-27)20-19-30(29)34(5-2)31(35)38-24-25-13-9-7-10-14-25/h7-16,26,28-30H,4-6,17-24H2,1-3H3. The monoisotopic (exact) mass is 555 g/mol. The highest BCUT2D eigenvalue weighted by atomic mass is 32.2. The van der Waals surface area contributed by atoms with Gasteiger partial charge in [0.05, 0.1) is 5.75 Å². The van der Waals surface area contributed by atoms with E-state index in [-0.39, 0.29) is 30.4 Å². The van der Waals surface area contributed by atoms with E-state index in [1.807, 2.05) is 48.2 Å². The summed E-state index contributed by atoms with van der Waals surface area (Å²) in [7, 11) is -3.16. The normalized spacial score (nSPS) is 21.9. The average Bonchev–Trinajstić information content (AvgIpc) is 2.98. The van der Waals surface area contributed by atoms with Crippen molar-refractivity contribution >= 4 is 21.8 Å². The van der Waals surface area contributed by atoms with E-state index < -0.39 is 10.0 Å². The van der Waals surface area contributed by atoms with E-state index in [1.54, 1.807) is 11.2 Å². The molecular weight excluding hydrogens is 510 g/mol. The SMILES string of the molecule is CCC(C1CCN(S(=O)(=O)CC)CC1)C1CN(c2ccccc2)CCC1N(CC)C(=O)OCc1ccccc1. The molecule has 3 unspecified atom stereocenters. The minimum atomic E-state index is -3.16. The maximum absolute atomic E-state index is 13.4. The van der Waals surface area contributed by atoms with Crippen molar-refractivity contribution in [3.63, 3.8) is 0 Å². The van der Waals surface area contributed by atoms with Crippen LogP contribution in [0.5, 0.6) is 0 Å². The Morgan fingerprint density at radius 1 is 0.949 bits per heavy atom. The summed E-state index contributed by atoms with van der Waals surface area (Å²) in [5.74, 6) is 1.25. The lowest BCUT2D eigenvalue weighted by Gasteiger charge is -2.49. The number of hydrogen-bond acceptors (Lipinski definition) is 5. The number of carbonyl (C=O) groups is 1. The predicted octanol–water partition coefficient (Wildman–Crippen LogP) is 5.63. The van der Waals surface area contributed by atoms with Crippen molar-refractivity contribution in [1.82, 2.24) is 9.21 Å². The molecule has 39 heavy (non-hydrogen) atoms. The number of rotatable bonds is 10. The van der Waals surface area contributed by atoms with E-state index >= 15 is 0 Å². The molecule has 0 N–H and O–H groups in total. The predicted molar refractivity (Wildman–Crippen MR) is 157 cm³/mol. The highest BCUT2D eigenvalue weighted by Crippen LogP contribution is 2.40. The third-order valence-electron chi connectivity index (χ3n) is 8.81. The van der Waals surface area contributed by atoms with Crippen molar-refractivity contribution in [1.29, 1.82) is 0 Å². The van der Waals surface area contributed by atoms with Crippen LogP contribution in [-0.4, -0.2) is 68.2 Å². The molecule has 0 aromatic heterocycles. The quantitative estimate of drug-likeness (QED) is 0.380. The van der Waals surface area contributed by atoms with Gasteiger partial charge in [-0.05, 0) is 62.6 Å². The van der Waals surface area contributed by atoms with E-state index in [9.17, 15) is 13.2 Å². The first-order valence-corrected chi connectivity index (χ1v) is 16.2. The molecule has 3 atom stereocenters. The van der Waals surface area contributed by atoms with Gasteiger partial charge in [0.25, 0.3) is 0 Å². The van der Waals surface area contributed by atoms with Gasteiger partial charge in [0, 0.05) is 50.4 Å². The van der Waals surface area contributed by atoms with Crippen LogP contribution in [0.4, 0.5) is 10.5 Å². The molecule has 2 saturated heterocycles. The number of sulfonamides is 1. The van der Waals surface area contributed by atoms with Crippen molar-refractivity contribution in [2.45, 2.75) is 59.1 Å². The maximum atomic E-state index is 13.4. The van der Waals surface area contributed by atoms with Gasteiger partial charge >= 0.3 is 6.09 Å². The lowest BCUT2D eigenvalue weighted by Crippen LogP contribution is -2.56. The number of benzene rings is 2. The molecule has 0 bridgehead atoms. The Balaban J connectivity index is 1.54. The largest absolute Gasteiger partial charge is 0.445 e. The Labute approximate surface area is 235 Å². The summed E-state index contributed by atoms with van der Waals surface area (Å²) in [6.07, 6.45) is 3.38. The van der Waals surface area contributed by atoms with Gasteiger partial charge in [0.1, 0.15) is 6.61 Å². The molecule has 2 fully saturated rings. The fourth-order valence-electron chi connectivity index (χ4n) is 6.70. The van der Waals surface area contributed by atoms with E-state index in [4.69, 9.17) is 4.74 Å². The molecule has 8 heteroatoms. The molecule has 2 aliphatic heterocycles. The lowest BCUT2D eigenvalue weighted by molar-refractivity contribution is 0.0347. The van der Waals surface area contributed by atoms with E-state index in [1.165, 1.54) is 5.69 Å². The Kier molecular flexibility index (Phi) is 10.3. The summed E-state index contributed by atoms with van der Waals surface area (Å²) in [4.78, 5) is 17.8. The summed E-state index contributed by atoms with van der Waals surface area (Å²) < 4.78 is 32.5. The van der Waals surface area contributed by atoms with Crippen LogP contribution in [0.3, 0.4) is 0 Å². The van der Waals surface area contributed by atoms with Crippen molar-refractivity contribution < 1.29 is 17.9 Å². The van der Waals surface area contributed by atoms with Crippen molar-refractivity contribution in [3.05, 3.63) is 66.2 Å². The molecule has 214 valence electrons. The number of nitrogens with zero attached hydrogens (tertiary/aromatic N) is 3. The summed E-state index contributed by atoms with van der Waals surface area (Å²) in [6.45, 7) is 9.83. The highest BCUT2D eigenvalue weighted by Gasteiger charge is 2.43. The molecule has 0 spiro atoms. The Morgan fingerprint density at radius 2 is 1.59 bits per heavy atom. The smallest absolute Gasteiger partial charge is 0.410 e. The molecule has 0 saturated carbocycles. The molecule has 0 radical (unpaired) electrons. The first-order valence-electron chi connectivity index (χ1n) is 14.6. The van der Waals surface area contributed by atoms with Crippen LogP contribution in [0, 0.1) is 17.8 Å². The third-order valence-corrected chi connectivity index (χ3v) is 10.7. The number of anilines is 1. The van der Waals surface area contributed by atoms with Crippen LogP contribution in [0.15, 0.2) is 60.7 Å². The molecule has 2 aromatic rings. The van der Waals surface area contributed by atoms with Gasteiger partial charge in [-0.3, -0.25) is 0 Å². The highest BCUT2D eigenvalue weighted by molar-refractivity contribution is 7.89. The Hall–Kier alpha value is -2.58. The minimum absolute atomic E-state index is 0.0839. The first-order chi connectivity index (χ1) is 18.9. The zero-order valence-corrected chi connectivity index (χ0v) is 24.6. The number of hydrogen-bond donors (Lipinski definition) is 0. The number of amides is 1. The Morgan fingerprint density at radius 3 is 2.18 bits per heavy atom. The minimum Gasteiger partial charge on any atom is -0.445 e. The second-order valence-electron chi connectivity index (χ2n) is 10.8. The number of piperidine rings is 2. The first kappa shape index (κ1) is 29.4. The summed E-state index contributed by atoms with van der Waals surface area (Å²) >= 11 is 0. The average molecular weight is 556 g/mol. The van der Waals surface area contributed by atoms with Gasteiger partial charge in [-0.2, -0.15) is 0 Å². The molecule has 2 aromatic carbocycles. The van der Waals surface area contributed by atoms with Crippen LogP contribution in [0.1, 0.15) is 52.0 Å². The molecule has 0 aliphatic carbocycles. The topological polar surface area (TPSA) is 70.2 Å². The van der Waals surface area contributed by atoms with Gasteiger partial charge in [-0.15, -0.1) is 0 Å². The second kappa shape index (κ2) is 13.7. The lowest BCUT2D eigenvalue weighted by atomic mass is 9.70. The third kappa shape index (κ3) is 7.14. The molecule has 2 heterocycles.